The van der Waals surface area contributed by atoms with Crippen LogP contribution in [0.5, 0.6) is 0 Å². The lowest BCUT2D eigenvalue weighted by atomic mass is 9.95. The standard InChI is InChI=1S/C21H28N2O4S/c1-14(24)28-13-18-16-11-22(10-15-8-6-5-7-9-15)12-17(16)19(25)23(18)20(26)27-21(2,3)4/h5-9,16-18H,10-13H2,1-4H3/t16-,17+,18+/m0/s1. The lowest BCUT2D eigenvalue weighted by Crippen LogP contribution is -2.46. The molecule has 2 saturated heterocycles. The quantitative estimate of drug-likeness (QED) is 0.768. The van der Waals surface area contributed by atoms with Crippen molar-refractivity contribution in [2.75, 3.05) is 18.8 Å². The zero-order valence-corrected chi connectivity index (χ0v) is 17.7. The van der Waals surface area contributed by atoms with Crippen LogP contribution in [0.1, 0.15) is 33.3 Å². The number of benzene rings is 1. The molecule has 1 aromatic carbocycles. The third-order valence-electron chi connectivity index (χ3n) is 5.12. The Bertz CT molecular complexity index is 747. The predicted molar refractivity (Wildman–Crippen MR) is 109 cm³/mol. The second-order valence-corrected chi connectivity index (χ2v) is 9.71. The molecule has 0 saturated carbocycles. The molecule has 0 aliphatic carbocycles. The number of hydrogen-bond donors (Lipinski definition) is 0. The van der Waals surface area contributed by atoms with Crippen LogP contribution in [0.25, 0.3) is 0 Å². The minimum Gasteiger partial charge on any atom is -0.443 e. The van der Waals surface area contributed by atoms with Gasteiger partial charge >= 0.3 is 6.09 Å². The Morgan fingerprint density at radius 2 is 1.86 bits per heavy atom. The molecule has 2 heterocycles. The van der Waals surface area contributed by atoms with E-state index in [4.69, 9.17) is 4.74 Å². The second kappa shape index (κ2) is 8.25. The topological polar surface area (TPSA) is 66.9 Å². The zero-order chi connectivity index (χ0) is 20.5. The maximum absolute atomic E-state index is 13.1. The summed E-state index contributed by atoms with van der Waals surface area (Å²) in [5, 5.41) is -0.0147. The summed E-state index contributed by atoms with van der Waals surface area (Å²) in [6.45, 7) is 8.99. The molecule has 0 N–H and O–H groups in total. The lowest BCUT2D eigenvalue weighted by molar-refractivity contribution is -0.131. The molecule has 0 radical (unpaired) electrons. The Hall–Kier alpha value is -1.86. The van der Waals surface area contributed by atoms with Crippen LogP contribution in [0.3, 0.4) is 0 Å². The van der Waals surface area contributed by atoms with E-state index in [2.05, 4.69) is 17.0 Å². The first-order chi connectivity index (χ1) is 13.2. The first-order valence-corrected chi connectivity index (χ1v) is 10.6. The first kappa shape index (κ1) is 20.9. The van der Waals surface area contributed by atoms with Crippen molar-refractivity contribution in [1.29, 1.82) is 0 Å². The van der Waals surface area contributed by atoms with Gasteiger partial charge in [-0.3, -0.25) is 14.5 Å². The summed E-state index contributed by atoms with van der Waals surface area (Å²) in [6, 6.07) is 9.83. The SMILES string of the molecule is CC(=O)SC[C@@H]1[C@H]2CN(Cc3ccccc3)C[C@H]2C(=O)N1C(=O)OC(C)(C)C. The summed E-state index contributed by atoms with van der Waals surface area (Å²) in [4.78, 5) is 40.8. The molecule has 0 aromatic heterocycles. The highest BCUT2D eigenvalue weighted by molar-refractivity contribution is 8.13. The van der Waals surface area contributed by atoms with Gasteiger partial charge in [-0.05, 0) is 26.3 Å². The second-order valence-electron chi connectivity index (χ2n) is 8.51. The number of carbonyl (C=O) groups is 3. The third-order valence-corrected chi connectivity index (χ3v) is 6.03. The molecule has 152 valence electrons. The average molecular weight is 405 g/mol. The Kier molecular flexibility index (Phi) is 6.15. The summed E-state index contributed by atoms with van der Waals surface area (Å²) in [5.41, 5.74) is 0.528. The van der Waals surface area contributed by atoms with Crippen molar-refractivity contribution >= 4 is 28.9 Å². The Morgan fingerprint density at radius 1 is 1.18 bits per heavy atom. The van der Waals surface area contributed by atoms with Gasteiger partial charge in [-0.25, -0.2) is 9.69 Å². The van der Waals surface area contributed by atoms with E-state index in [0.717, 1.165) is 24.9 Å². The van der Waals surface area contributed by atoms with Crippen LogP contribution in [-0.4, -0.2) is 57.4 Å². The minimum absolute atomic E-state index is 0.0147. The Morgan fingerprint density at radius 3 is 2.46 bits per heavy atom. The largest absolute Gasteiger partial charge is 0.443 e. The molecule has 7 heteroatoms. The highest BCUT2D eigenvalue weighted by Gasteiger charge is 2.55. The number of likely N-dealkylation sites (tertiary alicyclic amines) is 2. The fourth-order valence-electron chi connectivity index (χ4n) is 4.01. The Labute approximate surface area is 170 Å². The number of rotatable bonds is 4. The van der Waals surface area contributed by atoms with Crippen molar-refractivity contribution in [1.82, 2.24) is 9.80 Å². The lowest BCUT2D eigenvalue weighted by Gasteiger charge is -2.30. The zero-order valence-electron chi connectivity index (χ0n) is 16.9. The van der Waals surface area contributed by atoms with Crippen molar-refractivity contribution < 1.29 is 19.1 Å². The molecule has 3 atom stereocenters. The van der Waals surface area contributed by atoms with E-state index in [1.807, 2.05) is 18.2 Å². The fourth-order valence-corrected chi connectivity index (χ4v) is 4.81. The molecule has 6 nitrogen and oxygen atoms in total. The summed E-state index contributed by atoms with van der Waals surface area (Å²) in [7, 11) is 0. The minimum atomic E-state index is -0.674. The number of imide groups is 1. The molecular weight excluding hydrogens is 376 g/mol. The number of carbonyl (C=O) groups excluding carboxylic acids is 3. The average Bonchev–Trinajstić information content (AvgIpc) is 3.10. The van der Waals surface area contributed by atoms with Crippen LogP contribution < -0.4 is 0 Å². The Balaban J connectivity index is 1.76. The summed E-state index contributed by atoms with van der Waals surface area (Å²) < 4.78 is 5.48. The van der Waals surface area contributed by atoms with Crippen molar-refractivity contribution in [2.24, 2.45) is 11.8 Å². The van der Waals surface area contributed by atoms with E-state index in [0.29, 0.717) is 12.3 Å². The van der Waals surface area contributed by atoms with Gasteiger partial charge in [-0.1, -0.05) is 42.1 Å². The van der Waals surface area contributed by atoms with Gasteiger partial charge < -0.3 is 4.74 Å². The monoisotopic (exact) mass is 404 g/mol. The smallest absolute Gasteiger partial charge is 0.417 e. The van der Waals surface area contributed by atoms with E-state index in [1.54, 1.807) is 20.8 Å². The number of thioether (sulfide) groups is 1. The third kappa shape index (κ3) is 4.75. The molecule has 0 bridgehead atoms. The van der Waals surface area contributed by atoms with Gasteiger partial charge in [0.05, 0.1) is 12.0 Å². The molecule has 2 aliphatic rings. The molecule has 0 spiro atoms. The van der Waals surface area contributed by atoms with Crippen LogP contribution in [0.2, 0.25) is 0 Å². The van der Waals surface area contributed by atoms with E-state index in [9.17, 15) is 14.4 Å². The normalized spacial score (nSPS) is 25.1. The van der Waals surface area contributed by atoms with Crippen molar-refractivity contribution in [3.05, 3.63) is 35.9 Å². The van der Waals surface area contributed by atoms with Crippen molar-refractivity contribution in [2.45, 2.75) is 45.9 Å². The van der Waals surface area contributed by atoms with Gasteiger partial charge in [-0.2, -0.15) is 0 Å². The van der Waals surface area contributed by atoms with Crippen LogP contribution in [0.4, 0.5) is 4.79 Å². The van der Waals surface area contributed by atoms with Gasteiger partial charge in [0.2, 0.25) is 5.91 Å². The summed E-state index contributed by atoms with van der Waals surface area (Å²) in [6.07, 6.45) is -0.601. The van der Waals surface area contributed by atoms with Gasteiger partial charge in [0.15, 0.2) is 5.12 Å². The van der Waals surface area contributed by atoms with Crippen LogP contribution in [0, 0.1) is 11.8 Å². The van der Waals surface area contributed by atoms with Crippen LogP contribution in [0.15, 0.2) is 30.3 Å². The summed E-state index contributed by atoms with van der Waals surface area (Å²) in [5.74, 6) is 0.0361. The van der Waals surface area contributed by atoms with Gasteiger partial charge in [-0.15, -0.1) is 0 Å². The molecule has 1 aromatic rings. The maximum atomic E-state index is 13.1. The number of amides is 2. The number of fused-ring (bicyclic) bond motifs is 1. The number of nitrogens with zero attached hydrogens (tertiary/aromatic N) is 2. The van der Waals surface area contributed by atoms with Gasteiger partial charge in [0.1, 0.15) is 5.60 Å². The van der Waals surface area contributed by atoms with Crippen LogP contribution >= 0.6 is 11.8 Å². The molecule has 2 fully saturated rings. The molecular formula is C21H28N2O4S. The van der Waals surface area contributed by atoms with Crippen LogP contribution in [-0.2, 0) is 20.9 Å². The van der Waals surface area contributed by atoms with Crippen molar-refractivity contribution in [3.63, 3.8) is 0 Å². The molecule has 2 amide bonds. The molecule has 2 aliphatic heterocycles. The predicted octanol–water partition coefficient (Wildman–Crippen LogP) is 3.16. The van der Waals surface area contributed by atoms with E-state index >= 15 is 0 Å². The van der Waals surface area contributed by atoms with E-state index < -0.39 is 11.7 Å². The van der Waals surface area contributed by atoms with Crippen molar-refractivity contribution in [3.8, 4) is 0 Å². The van der Waals surface area contributed by atoms with E-state index in [1.165, 1.54) is 17.4 Å². The molecule has 28 heavy (non-hydrogen) atoms. The highest BCUT2D eigenvalue weighted by atomic mass is 32.2. The fraction of sp³-hybridized carbons (Fsp3) is 0.571. The molecule has 0 unspecified atom stereocenters. The molecule has 3 rings (SSSR count). The first-order valence-electron chi connectivity index (χ1n) is 9.61. The maximum Gasteiger partial charge on any atom is 0.417 e. The summed E-state index contributed by atoms with van der Waals surface area (Å²) >= 11 is 1.16. The number of ether oxygens (including phenoxy) is 1. The van der Waals surface area contributed by atoms with E-state index in [-0.39, 0.29) is 28.9 Å². The number of hydrogen-bond acceptors (Lipinski definition) is 6. The highest BCUT2D eigenvalue weighted by Crippen LogP contribution is 2.40. The van der Waals surface area contributed by atoms with Gasteiger partial charge in [0.25, 0.3) is 0 Å². The van der Waals surface area contributed by atoms with Gasteiger partial charge in [0, 0.05) is 38.2 Å².